The van der Waals surface area contributed by atoms with E-state index < -0.39 is 29.7 Å². The molecule has 1 unspecified atom stereocenters. The Kier molecular flexibility index (Phi) is 8.14. The van der Waals surface area contributed by atoms with Gasteiger partial charge in [0.1, 0.15) is 11.8 Å². The van der Waals surface area contributed by atoms with E-state index in [4.69, 9.17) is 4.42 Å². The Hall–Kier alpha value is -3.95. The maximum absolute atomic E-state index is 13.1. The van der Waals surface area contributed by atoms with Gasteiger partial charge in [0.05, 0.1) is 23.9 Å². The summed E-state index contributed by atoms with van der Waals surface area (Å²) < 4.78 is 5.19. The Balaban J connectivity index is 1.18. The normalized spacial score (nSPS) is 17.2. The van der Waals surface area contributed by atoms with E-state index in [-0.39, 0.29) is 29.9 Å². The number of carbonyl (C=O) groups excluding carboxylic acids is 5. The van der Waals surface area contributed by atoms with Crippen molar-refractivity contribution in [3.63, 3.8) is 0 Å². The molecule has 190 valence electrons. The first-order valence-corrected chi connectivity index (χ1v) is 12.3. The number of hydrogen-bond acceptors (Lipinski definition) is 7. The molecule has 2 aromatic rings. The third kappa shape index (κ3) is 5.81. The van der Waals surface area contributed by atoms with Crippen molar-refractivity contribution in [2.45, 2.75) is 64.0 Å². The van der Waals surface area contributed by atoms with E-state index in [1.807, 2.05) is 6.07 Å². The van der Waals surface area contributed by atoms with Gasteiger partial charge in [0, 0.05) is 25.1 Å². The van der Waals surface area contributed by atoms with Crippen molar-refractivity contribution in [3.05, 3.63) is 53.5 Å². The van der Waals surface area contributed by atoms with Crippen molar-refractivity contribution < 1.29 is 28.4 Å². The molecular weight excluding hydrogens is 464 g/mol. The number of piperidine rings is 1. The van der Waals surface area contributed by atoms with E-state index in [0.717, 1.165) is 42.8 Å². The summed E-state index contributed by atoms with van der Waals surface area (Å²) in [6.07, 6.45) is 6.86. The highest BCUT2D eigenvalue weighted by Crippen LogP contribution is 2.32. The highest BCUT2D eigenvalue weighted by Gasteiger charge is 2.45. The third-order valence-corrected chi connectivity index (χ3v) is 6.40. The molecule has 1 atom stereocenters. The molecule has 3 heterocycles. The molecule has 0 bridgehead atoms. The van der Waals surface area contributed by atoms with Gasteiger partial charge >= 0.3 is 0 Å². The van der Waals surface area contributed by atoms with Crippen LogP contribution in [-0.2, 0) is 20.9 Å². The lowest BCUT2D eigenvalue weighted by Gasteiger charge is -2.27. The Bertz CT molecular complexity index is 1140. The summed E-state index contributed by atoms with van der Waals surface area (Å²) in [4.78, 5) is 62.5. The zero-order valence-corrected chi connectivity index (χ0v) is 20.0. The Labute approximate surface area is 208 Å². The molecule has 1 aromatic heterocycles. The lowest BCUT2D eigenvalue weighted by molar-refractivity contribution is -0.136. The van der Waals surface area contributed by atoms with E-state index in [1.54, 1.807) is 30.5 Å². The van der Waals surface area contributed by atoms with Crippen LogP contribution in [0.1, 0.15) is 77.8 Å². The van der Waals surface area contributed by atoms with E-state index in [2.05, 4.69) is 16.0 Å². The summed E-state index contributed by atoms with van der Waals surface area (Å²) in [5, 5.41) is 8.29. The summed E-state index contributed by atoms with van der Waals surface area (Å²) in [5.74, 6) is -1.31. The summed E-state index contributed by atoms with van der Waals surface area (Å²) in [6, 6.07) is 7.67. The fourth-order valence-corrected chi connectivity index (χ4v) is 4.51. The third-order valence-electron chi connectivity index (χ3n) is 6.40. The molecule has 4 rings (SSSR count). The lowest BCUT2D eigenvalue weighted by atomic mass is 10.0. The van der Waals surface area contributed by atoms with Crippen molar-refractivity contribution >= 4 is 35.2 Å². The number of rotatable bonds is 12. The van der Waals surface area contributed by atoms with Gasteiger partial charge in [-0.25, -0.2) is 0 Å². The van der Waals surface area contributed by atoms with Gasteiger partial charge < -0.3 is 15.1 Å². The Morgan fingerprint density at radius 1 is 1.00 bits per heavy atom. The van der Waals surface area contributed by atoms with E-state index in [1.165, 1.54) is 0 Å². The molecule has 1 saturated heterocycles. The first-order chi connectivity index (χ1) is 17.5. The summed E-state index contributed by atoms with van der Waals surface area (Å²) in [5.41, 5.74) is 1.10. The van der Waals surface area contributed by atoms with Crippen molar-refractivity contribution in [3.8, 4) is 0 Å². The first-order valence-electron chi connectivity index (χ1n) is 12.3. The molecule has 0 saturated carbocycles. The number of hydrogen-bond donors (Lipinski definition) is 3. The average molecular weight is 495 g/mol. The smallest absolute Gasteiger partial charge is 0.264 e. The highest BCUT2D eigenvalue weighted by molar-refractivity contribution is 6.25. The van der Waals surface area contributed by atoms with Crippen LogP contribution in [0.25, 0.3) is 0 Å². The molecule has 0 spiro atoms. The van der Waals surface area contributed by atoms with E-state index in [9.17, 15) is 24.0 Å². The molecule has 1 fully saturated rings. The van der Waals surface area contributed by atoms with Crippen molar-refractivity contribution in [1.82, 2.24) is 15.5 Å². The largest absolute Gasteiger partial charge is 0.467 e. The summed E-state index contributed by atoms with van der Waals surface area (Å²) >= 11 is 0. The number of furan rings is 1. The summed E-state index contributed by atoms with van der Waals surface area (Å²) in [7, 11) is 0. The molecule has 1 aromatic carbocycles. The molecule has 10 heteroatoms. The van der Waals surface area contributed by atoms with Crippen LogP contribution in [0.4, 0.5) is 5.69 Å². The second-order valence-electron chi connectivity index (χ2n) is 8.98. The average Bonchev–Trinajstić information content (AvgIpc) is 3.47. The fourth-order valence-electron chi connectivity index (χ4n) is 4.51. The number of imide groups is 2. The minimum atomic E-state index is -0.977. The SMILES string of the molecule is O=C(CCCCCCCNc1cccc2c1C(=O)N(C1CCC(=O)NC1=O)C2=O)NCc1ccco1. The molecule has 10 nitrogen and oxygen atoms in total. The zero-order chi connectivity index (χ0) is 25.5. The van der Waals surface area contributed by atoms with Gasteiger partial charge in [-0.15, -0.1) is 0 Å². The van der Waals surface area contributed by atoms with Crippen LogP contribution in [0.2, 0.25) is 0 Å². The van der Waals surface area contributed by atoms with Crippen LogP contribution in [-0.4, -0.2) is 47.0 Å². The van der Waals surface area contributed by atoms with Crippen LogP contribution >= 0.6 is 0 Å². The monoisotopic (exact) mass is 494 g/mol. The Morgan fingerprint density at radius 2 is 1.81 bits per heavy atom. The van der Waals surface area contributed by atoms with Gasteiger partial charge in [0.15, 0.2) is 0 Å². The van der Waals surface area contributed by atoms with Gasteiger partial charge in [-0.3, -0.25) is 34.2 Å². The minimum Gasteiger partial charge on any atom is -0.467 e. The number of fused-ring (bicyclic) bond motifs is 1. The van der Waals surface area contributed by atoms with Crippen LogP contribution in [0.15, 0.2) is 41.0 Å². The number of unbranched alkanes of at least 4 members (excludes halogenated alkanes) is 4. The molecule has 2 aliphatic rings. The maximum atomic E-state index is 13.1. The van der Waals surface area contributed by atoms with Crippen LogP contribution in [0.5, 0.6) is 0 Å². The molecule has 0 radical (unpaired) electrons. The van der Waals surface area contributed by atoms with Crippen LogP contribution in [0, 0.1) is 0 Å². The van der Waals surface area contributed by atoms with Gasteiger partial charge in [0.25, 0.3) is 11.8 Å². The standard InChI is InChI=1S/C26H30N4O6/c31-21(28-16-17-8-7-15-36-17)11-4-2-1-3-5-14-27-19-10-6-9-18-23(19)26(35)30(25(18)34)20-12-13-22(32)29-24(20)33/h6-10,15,20,27H,1-5,11-14,16H2,(H,28,31)(H,29,32,33). The quantitative estimate of drug-likeness (QED) is 0.305. The molecule has 3 N–H and O–H groups in total. The second-order valence-corrected chi connectivity index (χ2v) is 8.98. The first kappa shape index (κ1) is 25.2. The van der Waals surface area contributed by atoms with E-state index >= 15 is 0 Å². The number of amides is 5. The maximum Gasteiger partial charge on any atom is 0.264 e. The van der Waals surface area contributed by atoms with E-state index in [0.29, 0.717) is 25.2 Å². The molecule has 36 heavy (non-hydrogen) atoms. The second kappa shape index (κ2) is 11.7. The van der Waals surface area contributed by atoms with Gasteiger partial charge in [-0.05, 0) is 43.5 Å². The van der Waals surface area contributed by atoms with Gasteiger partial charge in [-0.2, -0.15) is 0 Å². The predicted molar refractivity (Wildman–Crippen MR) is 130 cm³/mol. The van der Waals surface area contributed by atoms with Crippen LogP contribution < -0.4 is 16.0 Å². The minimum absolute atomic E-state index is 0.0107. The zero-order valence-electron chi connectivity index (χ0n) is 20.0. The van der Waals surface area contributed by atoms with Gasteiger partial charge in [-0.1, -0.05) is 25.3 Å². The Morgan fingerprint density at radius 3 is 2.58 bits per heavy atom. The summed E-state index contributed by atoms with van der Waals surface area (Å²) in [6.45, 7) is 1.03. The molecule has 0 aliphatic carbocycles. The number of carbonyl (C=O) groups is 5. The topological polar surface area (TPSA) is 138 Å². The highest BCUT2D eigenvalue weighted by atomic mass is 16.3. The predicted octanol–water partition coefficient (Wildman–Crippen LogP) is 2.75. The van der Waals surface area contributed by atoms with Crippen LogP contribution in [0.3, 0.4) is 0 Å². The van der Waals surface area contributed by atoms with Gasteiger partial charge in [0.2, 0.25) is 17.7 Å². The van der Waals surface area contributed by atoms with Crippen molar-refractivity contribution in [1.29, 1.82) is 0 Å². The molecule has 2 aliphatic heterocycles. The fraction of sp³-hybridized carbons (Fsp3) is 0.423. The number of anilines is 1. The lowest BCUT2D eigenvalue weighted by Crippen LogP contribution is -2.54. The van der Waals surface area contributed by atoms with Crippen molar-refractivity contribution in [2.75, 3.05) is 11.9 Å². The number of benzene rings is 1. The number of nitrogens with zero attached hydrogens (tertiary/aromatic N) is 1. The number of nitrogens with one attached hydrogen (secondary N) is 3. The molecular formula is C26H30N4O6. The van der Waals surface area contributed by atoms with Crippen molar-refractivity contribution in [2.24, 2.45) is 0 Å². The molecule has 5 amide bonds.